The van der Waals surface area contributed by atoms with Crippen molar-refractivity contribution in [3.8, 4) is 89.7 Å². The van der Waals surface area contributed by atoms with E-state index >= 15 is 0 Å². The molecule has 6 nitrogen and oxygen atoms in total. The Balaban J connectivity index is 0.000000134. The minimum atomic E-state index is -0.113. The summed E-state index contributed by atoms with van der Waals surface area (Å²) in [5.74, 6) is 0.644. The summed E-state index contributed by atoms with van der Waals surface area (Å²) in [4.78, 5) is 8.57. The lowest BCUT2D eigenvalue weighted by molar-refractivity contribution is -0.660. The normalized spacial score (nSPS) is 11.9. The van der Waals surface area contributed by atoms with Gasteiger partial charge in [-0.05, 0) is 193 Å². The zero-order chi connectivity index (χ0) is 64.0. The Morgan fingerprint density at radius 3 is 1.33 bits per heavy atom. The molecule has 6 aromatic heterocycles. The number of aromatic nitrogens is 6. The van der Waals surface area contributed by atoms with Crippen molar-refractivity contribution in [3.05, 3.63) is 301 Å². The first kappa shape index (κ1) is 64.1. The van der Waals surface area contributed by atoms with E-state index in [1.165, 1.54) is 80.0 Å². The molecule has 8 heteroatoms. The monoisotopic (exact) mass is 1200 g/mol. The van der Waals surface area contributed by atoms with Gasteiger partial charge in [-0.2, -0.15) is 0 Å². The fraction of sp³-hybridized carbons (Fsp3) is 0.205. The Kier molecular flexibility index (Phi) is 21.2. The van der Waals surface area contributed by atoms with Gasteiger partial charge < -0.3 is 0 Å². The molecule has 91 heavy (non-hydrogen) atoms. The maximum absolute atomic E-state index is 14.4. The molecule has 0 unspecified atom stereocenters. The molecule has 0 atom stereocenters. The highest BCUT2D eigenvalue weighted by Gasteiger charge is 2.23. The SMILES string of the molecule is Cc1ccccc1-c1cc(-c2ccc(F)c(C3CCCC3)c2)cc[n+]1C.Cc1ccccc1-c1cc(-c2ccc(F)c(CC(C)C)c2)cc[n+]1C.Cc1ccccc1-c1ccc(-c2ccccn2)c[n+]1C.Cc1ccccc1-c1ccc(-c2cccnc2)c[n+]1C. The van der Waals surface area contributed by atoms with E-state index in [4.69, 9.17) is 0 Å². The second-order valence-electron chi connectivity index (χ2n) is 24.5. The Morgan fingerprint density at radius 1 is 0.407 bits per heavy atom. The number of hydrogen-bond acceptors (Lipinski definition) is 2. The van der Waals surface area contributed by atoms with E-state index in [0.29, 0.717) is 11.8 Å². The Hall–Kier alpha value is -9.92. The third-order valence-electron chi connectivity index (χ3n) is 17.3. The van der Waals surface area contributed by atoms with Crippen LogP contribution in [0.2, 0.25) is 0 Å². The molecule has 1 saturated carbocycles. The number of nitrogens with zero attached hydrogens (tertiary/aromatic N) is 6. The third-order valence-corrected chi connectivity index (χ3v) is 17.3. The lowest BCUT2D eigenvalue weighted by Crippen LogP contribution is -2.30. The topological polar surface area (TPSA) is 41.3 Å². The van der Waals surface area contributed by atoms with Crippen molar-refractivity contribution < 1.29 is 27.0 Å². The predicted molar refractivity (Wildman–Crippen MR) is 368 cm³/mol. The Bertz CT molecular complexity index is 4310. The molecule has 0 bridgehead atoms. The molecule has 1 aliphatic carbocycles. The number of aryl methyl sites for hydroxylation is 8. The number of halogens is 2. The van der Waals surface area contributed by atoms with Gasteiger partial charge in [-0.25, -0.2) is 27.0 Å². The molecular weight excluding hydrogens is 1120 g/mol. The summed E-state index contributed by atoms with van der Waals surface area (Å²) in [5.41, 5.74) is 25.4. The highest BCUT2D eigenvalue weighted by molar-refractivity contribution is 5.73. The molecule has 1 fully saturated rings. The first-order valence-corrected chi connectivity index (χ1v) is 31.7. The maximum Gasteiger partial charge on any atom is 0.213 e. The lowest BCUT2D eigenvalue weighted by atomic mass is 9.93. The maximum atomic E-state index is 14.4. The molecule has 0 N–H and O–H groups in total. The standard InChI is InChI=1S/C24H25FN.C23H25FN.2C18H17N2/c1-17-7-3-6-10-21(17)24-16-20(13-14-26(24)2)19-11-12-23(25)22(15-19)18-8-4-5-9-18;1-16(2)13-20-14-18(9-10-22(20)24)19-11-12-25(4)23(15-19)21-8-6-5-7-17(21)3;1-14-7-3-4-8-16(14)18-11-10-15(13-20(18)2)17-9-5-6-12-19-17;1-14-6-3-4-8-17(14)18-10-9-16(13-20(18)2)15-7-5-11-19-12-15/h3,6-7,10-16,18H,4-5,8-9H2,1-2H3;5-12,14-16H,13H2,1-4H3;2*3-13H,1-2H3/q4*+1. The first-order valence-electron chi connectivity index (χ1n) is 31.7. The molecule has 0 radical (unpaired) electrons. The van der Waals surface area contributed by atoms with E-state index in [2.05, 4.69) is 280 Å². The largest absolute Gasteiger partial charge is 0.264 e. The summed E-state index contributed by atoms with van der Waals surface area (Å²) >= 11 is 0. The van der Waals surface area contributed by atoms with Gasteiger partial charge in [0.15, 0.2) is 24.8 Å². The average molecular weight is 1200 g/mol. The van der Waals surface area contributed by atoms with Gasteiger partial charge >= 0.3 is 0 Å². The van der Waals surface area contributed by atoms with Crippen LogP contribution in [0.15, 0.2) is 256 Å². The van der Waals surface area contributed by atoms with Gasteiger partial charge in [-0.15, -0.1) is 0 Å². The van der Waals surface area contributed by atoms with Crippen molar-refractivity contribution in [2.75, 3.05) is 0 Å². The molecule has 0 saturated heterocycles. The highest BCUT2D eigenvalue weighted by atomic mass is 19.1. The van der Waals surface area contributed by atoms with Crippen molar-refractivity contribution in [2.24, 2.45) is 34.1 Å². The Morgan fingerprint density at radius 2 is 0.857 bits per heavy atom. The number of hydrogen-bond donors (Lipinski definition) is 0. The molecular formula is C83H84F2N6+4. The van der Waals surface area contributed by atoms with Crippen LogP contribution < -0.4 is 18.3 Å². The number of rotatable bonds is 11. The van der Waals surface area contributed by atoms with E-state index in [0.717, 1.165) is 75.2 Å². The van der Waals surface area contributed by atoms with Crippen molar-refractivity contribution in [2.45, 2.75) is 79.6 Å². The summed E-state index contributed by atoms with van der Waals surface area (Å²) in [6.45, 7) is 12.8. The summed E-state index contributed by atoms with van der Waals surface area (Å²) in [6, 6.07) is 72.0. The van der Waals surface area contributed by atoms with Crippen LogP contribution in [-0.2, 0) is 34.6 Å². The summed E-state index contributed by atoms with van der Waals surface area (Å²) in [5, 5.41) is 0. The fourth-order valence-electron chi connectivity index (χ4n) is 12.3. The lowest BCUT2D eigenvalue weighted by Gasteiger charge is -2.13. The van der Waals surface area contributed by atoms with Crippen LogP contribution in [-0.4, -0.2) is 9.97 Å². The predicted octanol–water partition coefficient (Wildman–Crippen LogP) is 18.5. The summed E-state index contributed by atoms with van der Waals surface area (Å²) in [6.07, 6.45) is 19.4. The minimum absolute atomic E-state index is 0.0544. The average Bonchev–Trinajstić information content (AvgIpc) is 1.42. The van der Waals surface area contributed by atoms with Crippen LogP contribution in [0.1, 0.15) is 78.8 Å². The van der Waals surface area contributed by atoms with Crippen LogP contribution in [0.25, 0.3) is 89.7 Å². The van der Waals surface area contributed by atoms with Crippen molar-refractivity contribution in [3.63, 3.8) is 0 Å². The number of pyridine rings is 6. The van der Waals surface area contributed by atoms with Crippen LogP contribution in [0.3, 0.4) is 0 Å². The minimum Gasteiger partial charge on any atom is -0.264 e. The van der Waals surface area contributed by atoms with E-state index in [-0.39, 0.29) is 11.6 Å². The van der Waals surface area contributed by atoms with Crippen molar-refractivity contribution in [1.82, 2.24) is 9.97 Å². The van der Waals surface area contributed by atoms with Crippen LogP contribution in [0, 0.1) is 45.2 Å². The van der Waals surface area contributed by atoms with E-state index in [1.54, 1.807) is 18.3 Å². The molecule has 1 aliphatic rings. The van der Waals surface area contributed by atoms with Crippen molar-refractivity contribution in [1.29, 1.82) is 0 Å². The van der Waals surface area contributed by atoms with E-state index in [1.807, 2.05) is 54.9 Å². The molecule has 6 aromatic carbocycles. The van der Waals surface area contributed by atoms with Crippen LogP contribution in [0.5, 0.6) is 0 Å². The summed E-state index contributed by atoms with van der Waals surface area (Å²) in [7, 11) is 8.29. The van der Waals surface area contributed by atoms with Gasteiger partial charge in [0.2, 0.25) is 22.8 Å². The second-order valence-corrected chi connectivity index (χ2v) is 24.5. The van der Waals surface area contributed by atoms with Gasteiger partial charge in [0.05, 0.1) is 11.3 Å². The van der Waals surface area contributed by atoms with Crippen molar-refractivity contribution >= 4 is 0 Å². The molecule has 0 spiro atoms. The van der Waals surface area contributed by atoms with Gasteiger partial charge in [-0.1, -0.05) is 124 Å². The van der Waals surface area contributed by atoms with Gasteiger partial charge in [0.25, 0.3) is 0 Å². The fourth-order valence-corrected chi connectivity index (χ4v) is 12.3. The molecule has 6 heterocycles. The smallest absolute Gasteiger partial charge is 0.213 e. The molecule has 0 amide bonds. The molecule has 12 aromatic rings. The zero-order valence-corrected chi connectivity index (χ0v) is 54.4. The molecule has 456 valence electrons. The zero-order valence-electron chi connectivity index (χ0n) is 54.4. The van der Waals surface area contributed by atoms with Gasteiger partial charge in [-0.3, -0.25) is 9.97 Å². The van der Waals surface area contributed by atoms with E-state index < -0.39 is 0 Å². The van der Waals surface area contributed by atoms with Gasteiger partial charge in [0.1, 0.15) is 39.8 Å². The van der Waals surface area contributed by atoms with Crippen LogP contribution >= 0.6 is 0 Å². The van der Waals surface area contributed by atoms with Crippen LogP contribution in [0.4, 0.5) is 8.78 Å². The summed E-state index contributed by atoms with van der Waals surface area (Å²) < 4.78 is 37.1. The molecule has 0 aliphatic heterocycles. The number of benzene rings is 6. The second kappa shape index (κ2) is 30.1. The first-order chi connectivity index (χ1) is 44.1. The quantitative estimate of drug-likeness (QED) is 0.121. The highest BCUT2D eigenvalue weighted by Crippen LogP contribution is 2.38. The third kappa shape index (κ3) is 15.9. The van der Waals surface area contributed by atoms with E-state index in [9.17, 15) is 8.78 Å². The Labute approximate surface area is 538 Å². The van der Waals surface area contributed by atoms with Gasteiger partial charge in [0, 0.05) is 88.4 Å². The molecule has 13 rings (SSSR count).